The van der Waals surface area contributed by atoms with Crippen molar-refractivity contribution in [3.8, 4) is 0 Å². The maximum absolute atomic E-state index is 13.8. The minimum absolute atomic E-state index is 0.0141. The summed E-state index contributed by atoms with van der Waals surface area (Å²) in [5.41, 5.74) is 0.432. The summed E-state index contributed by atoms with van der Waals surface area (Å²) in [5.74, 6) is -0.606. The molecule has 1 aliphatic rings. The number of amides is 2. The molecule has 1 aliphatic heterocycles. The highest BCUT2D eigenvalue weighted by molar-refractivity contribution is 5.84. The molecule has 0 aromatic heterocycles. The van der Waals surface area contributed by atoms with E-state index in [1.54, 1.807) is 18.2 Å². The second kappa shape index (κ2) is 8.09. The van der Waals surface area contributed by atoms with Crippen molar-refractivity contribution in [1.29, 1.82) is 0 Å². The van der Waals surface area contributed by atoms with Gasteiger partial charge in [-0.25, -0.2) is 4.39 Å². The summed E-state index contributed by atoms with van der Waals surface area (Å²) in [6.07, 6.45) is 4.11. The van der Waals surface area contributed by atoms with Crippen LogP contribution in [0.25, 0.3) is 0 Å². The fraction of sp³-hybridized carbons (Fsp3) is 0.556. The zero-order valence-electron chi connectivity index (χ0n) is 13.9. The molecule has 1 unspecified atom stereocenters. The Morgan fingerprint density at radius 2 is 2.04 bits per heavy atom. The second-order valence-corrected chi connectivity index (χ2v) is 6.11. The van der Waals surface area contributed by atoms with E-state index in [-0.39, 0.29) is 36.8 Å². The van der Waals surface area contributed by atoms with Crippen molar-refractivity contribution in [2.75, 3.05) is 13.1 Å². The Labute approximate surface area is 137 Å². The monoisotopic (exact) mass is 320 g/mol. The van der Waals surface area contributed by atoms with E-state index in [1.165, 1.54) is 17.9 Å². The lowest BCUT2D eigenvalue weighted by Crippen LogP contribution is -2.48. The van der Waals surface area contributed by atoms with Gasteiger partial charge in [-0.05, 0) is 31.7 Å². The van der Waals surface area contributed by atoms with E-state index < -0.39 is 0 Å². The highest BCUT2D eigenvalue weighted by atomic mass is 19.1. The number of likely N-dealkylation sites (tertiary alicyclic amines) is 1. The summed E-state index contributed by atoms with van der Waals surface area (Å²) in [7, 11) is 0. The van der Waals surface area contributed by atoms with Crippen LogP contribution in [0.1, 0.15) is 45.1 Å². The molecule has 0 spiro atoms. The number of nitrogens with zero attached hydrogens (tertiary/aromatic N) is 2. The fourth-order valence-electron chi connectivity index (χ4n) is 3.12. The highest BCUT2D eigenvalue weighted by Gasteiger charge is 2.27. The van der Waals surface area contributed by atoms with Crippen molar-refractivity contribution in [2.24, 2.45) is 0 Å². The van der Waals surface area contributed by atoms with E-state index in [0.29, 0.717) is 5.56 Å². The van der Waals surface area contributed by atoms with Gasteiger partial charge in [0.05, 0.1) is 0 Å². The van der Waals surface area contributed by atoms with E-state index in [0.717, 1.165) is 32.2 Å². The first-order valence-corrected chi connectivity index (χ1v) is 8.31. The predicted octanol–water partition coefficient (Wildman–Crippen LogP) is 2.97. The summed E-state index contributed by atoms with van der Waals surface area (Å²) >= 11 is 0. The molecule has 1 atom stereocenters. The van der Waals surface area contributed by atoms with Crippen LogP contribution in [0.4, 0.5) is 4.39 Å². The molecule has 126 valence electrons. The quantitative estimate of drug-likeness (QED) is 0.837. The van der Waals surface area contributed by atoms with E-state index in [9.17, 15) is 14.0 Å². The van der Waals surface area contributed by atoms with Gasteiger partial charge in [-0.2, -0.15) is 0 Å². The lowest BCUT2D eigenvalue weighted by Gasteiger charge is -2.36. The third-order valence-corrected chi connectivity index (χ3v) is 4.51. The van der Waals surface area contributed by atoms with Gasteiger partial charge in [0.2, 0.25) is 11.8 Å². The van der Waals surface area contributed by atoms with Crippen LogP contribution in [-0.2, 0) is 16.1 Å². The van der Waals surface area contributed by atoms with Crippen LogP contribution in [0.3, 0.4) is 0 Å². The number of benzene rings is 1. The van der Waals surface area contributed by atoms with Crippen LogP contribution in [0.5, 0.6) is 0 Å². The zero-order valence-corrected chi connectivity index (χ0v) is 13.9. The summed E-state index contributed by atoms with van der Waals surface area (Å²) in [6, 6.07) is 6.62. The molecule has 0 radical (unpaired) electrons. The second-order valence-electron chi connectivity index (χ2n) is 6.11. The Balaban J connectivity index is 2.05. The van der Waals surface area contributed by atoms with Crippen molar-refractivity contribution in [2.45, 2.75) is 52.1 Å². The number of hydrogen-bond donors (Lipinski definition) is 0. The highest BCUT2D eigenvalue weighted by Crippen LogP contribution is 2.20. The maximum Gasteiger partial charge on any atom is 0.242 e. The van der Waals surface area contributed by atoms with Gasteiger partial charge in [0.1, 0.15) is 12.4 Å². The Morgan fingerprint density at radius 3 is 2.70 bits per heavy atom. The molecule has 2 rings (SSSR count). The normalized spacial score (nSPS) is 17.9. The van der Waals surface area contributed by atoms with Gasteiger partial charge >= 0.3 is 0 Å². The first kappa shape index (κ1) is 17.4. The summed E-state index contributed by atoms with van der Waals surface area (Å²) in [6.45, 7) is 4.39. The number of piperidine rings is 1. The molecule has 4 nitrogen and oxygen atoms in total. The average molecular weight is 320 g/mol. The Hall–Kier alpha value is -1.91. The molecular weight excluding hydrogens is 295 g/mol. The molecule has 5 heteroatoms. The van der Waals surface area contributed by atoms with Crippen LogP contribution in [0, 0.1) is 5.82 Å². The molecule has 1 heterocycles. The number of halogens is 1. The Bertz CT molecular complexity index is 562. The number of carbonyl (C=O) groups excluding carboxylic acids is 2. The van der Waals surface area contributed by atoms with Crippen molar-refractivity contribution >= 4 is 11.8 Å². The Morgan fingerprint density at radius 1 is 1.30 bits per heavy atom. The van der Waals surface area contributed by atoms with Crippen molar-refractivity contribution in [1.82, 2.24) is 9.80 Å². The smallest absolute Gasteiger partial charge is 0.242 e. The minimum Gasteiger partial charge on any atom is -0.338 e. The number of hydrogen-bond acceptors (Lipinski definition) is 2. The van der Waals surface area contributed by atoms with Crippen LogP contribution in [0.15, 0.2) is 24.3 Å². The van der Waals surface area contributed by atoms with Gasteiger partial charge in [0.15, 0.2) is 0 Å². The zero-order chi connectivity index (χ0) is 16.8. The van der Waals surface area contributed by atoms with E-state index >= 15 is 0 Å². The molecule has 1 saturated heterocycles. The summed E-state index contributed by atoms with van der Waals surface area (Å²) < 4.78 is 13.8. The van der Waals surface area contributed by atoms with Crippen LogP contribution < -0.4 is 0 Å². The van der Waals surface area contributed by atoms with Crippen molar-refractivity contribution in [3.63, 3.8) is 0 Å². The third kappa shape index (κ3) is 4.53. The largest absolute Gasteiger partial charge is 0.338 e. The maximum atomic E-state index is 13.8. The average Bonchev–Trinajstić information content (AvgIpc) is 2.55. The van der Waals surface area contributed by atoms with Gasteiger partial charge in [-0.15, -0.1) is 0 Å². The SMILES string of the molecule is CCC1CCCCN1C(=O)CN(Cc1ccccc1F)C(C)=O. The van der Waals surface area contributed by atoms with Gasteiger partial charge < -0.3 is 9.80 Å². The minimum atomic E-state index is -0.351. The van der Waals surface area contributed by atoms with Crippen molar-refractivity contribution < 1.29 is 14.0 Å². The first-order valence-electron chi connectivity index (χ1n) is 8.31. The molecule has 0 bridgehead atoms. The molecule has 1 aromatic rings. The molecule has 1 fully saturated rings. The molecule has 2 amide bonds. The van der Waals surface area contributed by atoms with Crippen LogP contribution in [-0.4, -0.2) is 40.7 Å². The molecule has 23 heavy (non-hydrogen) atoms. The molecule has 0 saturated carbocycles. The van der Waals surface area contributed by atoms with Crippen LogP contribution >= 0.6 is 0 Å². The van der Waals surface area contributed by atoms with Crippen molar-refractivity contribution in [3.05, 3.63) is 35.6 Å². The molecule has 1 aromatic carbocycles. The van der Waals surface area contributed by atoms with Gasteiger partial charge in [0.25, 0.3) is 0 Å². The van der Waals surface area contributed by atoms with Crippen LogP contribution in [0.2, 0.25) is 0 Å². The molecule has 0 N–H and O–H groups in total. The van der Waals surface area contributed by atoms with E-state index in [1.807, 2.05) is 4.90 Å². The fourth-order valence-corrected chi connectivity index (χ4v) is 3.12. The van der Waals surface area contributed by atoms with Gasteiger partial charge in [0, 0.05) is 31.6 Å². The summed E-state index contributed by atoms with van der Waals surface area (Å²) in [5, 5.41) is 0. The Kier molecular flexibility index (Phi) is 6.13. The van der Waals surface area contributed by atoms with E-state index in [4.69, 9.17) is 0 Å². The third-order valence-electron chi connectivity index (χ3n) is 4.51. The van der Waals surface area contributed by atoms with Gasteiger partial charge in [-0.1, -0.05) is 25.1 Å². The summed E-state index contributed by atoms with van der Waals surface area (Å²) in [4.78, 5) is 27.8. The van der Waals surface area contributed by atoms with Gasteiger partial charge in [-0.3, -0.25) is 9.59 Å². The first-order chi connectivity index (χ1) is 11.0. The lowest BCUT2D eigenvalue weighted by atomic mass is 10.00. The molecular formula is C18H25FN2O2. The lowest BCUT2D eigenvalue weighted by molar-refractivity contribution is -0.142. The standard InChI is InChI=1S/C18H25FN2O2/c1-3-16-9-6-7-11-21(16)18(23)13-20(14(2)22)12-15-8-4-5-10-17(15)19/h4-5,8,10,16H,3,6-7,9,11-13H2,1-2H3. The number of carbonyl (C=O) groups is 2. The van der Waals surface area contributed by atoms with E-state index in [2.05, 4.69) is 6.92 Å². The topological polar surface area (TPSA) is 40.6 Å². The molecule has 0 aliphatic carbocycles. The number of rotatable bonds is 5. The predicted molar refractivity (Wildman–Crippen MR) is 87.1 cm³/mol.